The molecule has 0 atom stereocenters. The van der Waals surface area contributed by atoms with Gasteiger partial charge in [0.05, 0.1) is 26.4 Å². The van der Waals surface area contributed by atoms with Crippen molar-refractivity contribution in [3.05, 3.63) is 0 Å². The normalized spacial score (nSPS) is 11.0. The summed E-state index contributed by atoms with van der Waals surface area (Å²) in [7, 11) is 0. The Morgan fingerprint density at radius 2 is 1.14 bits per heavy atom. The highest BCUT2D eigenvalue weighted by molar-refractivity contribution is 6.17. The lowest BCUT2D eigenvalue weighted by molar-refractivity contribution is -0.118. The quantitative estimate of drug-likeness (QED) is 0.308. The van der Waals surface area contributed by atoms with Crippen molar-refractivity contribution in [2.75, 3.05) is 45.5 Å². The average Bonchev–Trinajstić information content (AvgIpc) is 2.50. The fraction of sp³-hybridized carbons (Fsp3) is 0.938. The molecule has 0 unspecified atom stereocenters. The molecule has 0 aliphatic rings. The Labute approximate surface area is 139 Å². The van der Waals surface area contributed by atoms with Crippen LogP contribution in [0.25, 0.3) is 0 Å². The zero-order valence-electron chi connectivity index (χ0n) is 13.7. The number of carbonyl (C=O) groups excluding carboxylic acids is 1. The summed E-state index contributed by atoms with van der Waals surface area (Å²) in [5.74, 6) is 0.524. The highest BCUT2D eigenvalue weighted by Gasteiger charge is 1.95. The van der Waals surface area contributed by atoms with Gasteiger partial charge in [-0.05, 0) is 25.7 Å². The zero-order chi connectivity index (χ0) is 16.3. The minimum absolute atomic E-state index is 0.230. The SMILES string of the molecule is NC(=O)CCCCCOCCOCCOCCCCCCCl. The molecular formula is C16H32ClNO4. The van der Waals surface area contributed by atoms with Crippen LogP contribution in [-0.2, 0) is 19.0 Å². The van der Waals surface area contributed by atoms with Gasteiger partial charge in [0, 0.05) is 25.5 Å². The van der Waals surface area contributed by atoms with Crippen molar-refractivity contribution in [3.63, 3.8) is 0 Å². The minimum Gasteiger partial charge on any atom is -0.379 e. The molecule has 0 aromatic rings. The summed E-state index contributed by atoms with van der Waals surface area (Å²) in [5, 5.41) is 0. The maximum absolute atomic E-state index is 10.5. The third kappa shape index (κ3) is 19.6. The van der Waals surface area contributed by atoms with Crippen molar-refractivity contribution in [1.29, 1.82) is 0 Å². The molecule has 0 bridgehead atoms. The van der Waals surface area contributed by atoms with Crippen LogP contribution in [0.3, 0.4) is 0 Å². The van der Waals surface area contributed by atoms with E-state index in [0.29, 0.717) is 39.5 Å². The predicted octanol–water partition coefficient (Wildman–Crippen LogP) is 2.88. The number of unbranched alkanes of at least 4 members (excludes halogenated alkanes) is 5. The standard InChI is InChI=1S/C16H32ClNO4/c17-9-5-1-2-6-10-20-12-14-22-15-13-21-11-7-3-4-8-16(18)19/h1-15H2,(H2,18,19). The number of nitrogens with two attached hydrogens (primary N) is 1. The van der Waals surface area contributed by atoms with E-state index in [1.54, 1.807) is 0 Å². The predicted molar refractivity (Wildman–Crippen MR) is 89.3 cm³/mol. The van der Waals surface area contributed by atoms with Crippen LogP contribution in [0.4, 0.5) is 0 Å². The molecule has 0 saturated heterocycles. The van der Waals surface area contributed by atoms with Crippen LogP contribution >= 0.6 is 11.6 Å². The maximum atomic E-state index is 10.5. The summed E-state index contributed by atoms with van der Waals surface area (Å²) in [6.07, 6.45) is 7.80. The van der Waals surface area contributed by atoms with Crippen LogP contribution in [0.2, 0.25) is 0 Å². The fourth-order valence-corrected chi connectivity index (χ4v) is 2.06. The van der Waals surface area contributed by atoms with E-state index in [1.807, 2.05) is 0 Å². The Hall–Kier alpha value is -0.360. The summed E-state index contributed by atoms with van der Waals surface area (Å²) >= 11 is 5.60. The minimum atomic E-state index is -0.230. The Morgan fingerprint density at radius 1 is 0.682 bits per heavy atom. The molecule has 0 radical (unpaired) electrons. The Balaban J connectivity index is 2.95. The van der Waals surface area contributed by atoms with Gasteiger partial charge in [0.25, 0.3) is 0 Å². The lowest BCUT2D eigenvalue weighted by atomic mass is 10.2. The largest absolute Gasteiger partial charge is 0.379 e. The number of amides is 1. The van der Waals surface area contributed by atoms with Gasteiger partial charge in [0.1, 0.15) is 0 Å². The third-order valence-electron chi connectivity index (χ3n) is 3.13. The Kier molecular flexibility index (Phi) is 18.4. The molecule has 0 rings (SSSR count). The number of halogens is 1. The molecule has 22 heavy (non-hydrogen) atoms. The third-order valence-corrected chi connectivity index (χ3v) is 3.40. The van der Waals surface area contributed by atoms with Gasteiger partial charge < -0.3 is 19.9 Å². The van der Waals surface area contributed by atoms with E-state index in [1.165, 1.54) is 12.8 Å². The summed E-state index contributed by atoms with van der Waals surface area (Å²) in [6.45, 7) is 3.97. The number of primary amides is 1. The average molecular weight is 338 g/mol. The highest BCUT2D eigenvalue weighted by atomic mass is 35.5. The number of alkyl halides is 1. The molecule has 6 heteroatoms. The van der Waals surface area contributed by atoms with E-state index < -0.39 is 0 Å². The van der Waals surface area contributed by atoms with Crippen LogP contribution in [0.15, 0.2) is 0 Å². The first-order chi connectivity index (χ1) is 10.8. The van der Waals surface area contributed by atoms with Crippen molar-refractivity contribution in [2.24, 2.45) is 5.73 Å². The molecule has 0 aromatic heterocycles. The molecule has 0 spiro atoms. The van der Waals surface area contributed by atoms with Crippen molar-refractivity contribution < 1.29 is 19.0 Å². The molecule has 0 aromatic carbocycles. The Morgan fingerprint density at radius 3 is 1.64 bits per heavy atom. The molecule has 0 aliphatic carbocycles. The summed E-state index contributed by atoms with van der Waals surface area (Å²) in [5.41, 5.74) is 5.06. The number of rotatable bonds is 18. The molecule has 0 fully saturated rings. The zero-order valence-corrected chi connectivity index (χ0v) is 14.5. The first kappa shape index (κ1) is 21.6. The number of ether oxygens (including phenoxy) is 3. The van der Waals surface area contributed by atoms with Gasteiger partial charge in [-0.1, -0.05) is 19.3 Å². The van der Waals surface area contributed by atoms with Gasteiger partial charge in [0.15, 0.2) is 0 Å². The van der Waals surface area contributed by atoms with E-state index >= 15 is 0 Å². The first-order valence-corrected chi connectivity index (χ1v) is 8.88. The topological polar surface area (TPSA) is 70.8 Å². The van der Waals surface area contributed by atoms with Gasteiger partial charge in [-0.25, -0.2) is 0 Å². The van der Waals surface area contributed by atoms with Gasteiger partial charge in [-0.3, -0.25) is 4.79 Å². The van der Waals surface area contributed by atoms with E-state index in [4.69, 9.17) is 31.5 Å². The van der Waals surface area contributed by atoms with E-state index in [2.05, 4.69) is 0 Å². The second-order valence-corrected chi connectivity index (χ2v) is 5.60. The molecule has 2 N–H and O–H groups in total. The van der Waals surface area contributed by atoms with Crippen LogP contribution in [-0.4, -0.2) is 51.4 Å². The van der Waals surface area contributed by atoms with E-state index in [9.17, 15) is 4.79 Å². The van der Waals surface area contributed by atoms with Crippen LogP contribution in [0, 0.1) is 0 Å². The van der Waals surface area contributed by atoms with Gasteiger partial charge in [-0.15, -0.1) is 11.6 Å². The van der Waals surface area contributed by atoms with Gasteiger partial charge in [0.2, 0.25) is 5.91 Å². The molecule has 1 amide bonds. The summed E-state index contributed by atoms with van der Waals surface area (Å²) in [4.78, 5) is 10.5. The molecule has 0 saturated carbocycles. The molecular weight excluding hydrogens is 306 g/mol. The second-order valence-electron chi connectivity index (χ2n) is 5.22. The molecule has 0 aliphatic heterocycles. The van der Waals surface area contributed by atoms with Crippen molar-refractivity contribution in [1.82, 2.24) is 0 Å². The van der Waals surface area contributed by atoms with Crippen LogP contribution in [0.1, 0.15) is 51.4 Å². The van der Waals surface area contributed by atoms with E-state index in [-0.39, 0.29) is 5.91 Å². The van der Waals surface area contributed by atoms with Gasteiger partial charge >= 0.3 is 0 Å². The molecule has 5 nitrogen and oxygen atoms in total. The highest BCUT2D eigenvalue weighted by Crippen LogP contribution is 2.01. The number of hydrogen-bond donors (Lipinski definition) is 1. The van der Waals surface area contributed by atoms with Gasteiger partial charge in [-0.2, -0.15) is 0 Å². The number of carbonyl (C=O) groups is 1. The fourth-order valence-electron chi connectivity index (χ4n) is 1.87. The van der Waals surface area contributed by atoms with Crippen LogP contribution < -0.4 is 5.73 Å². The smallest absolute Gasteiger partial charge is 0.217 e. The second kappa shape index (κ2) is 18.7. The van der Waals surface area contributed by atoms with Crippen molar-refractivity contribution in [2.45, 2.75) is 51.4 Å². The lowest BCUT2D eigenvalue weighted by Gasteiger charge is -2.07. The summed E-state index contributed by atoms with van der Waals surface area (Å²) < 4.78 is 16.3. The van der Waals surface area contributed by atoms with E-state index in [0.717, 1.165) is 44.6 Å². The Bertz CT molecular complexity index is 242. The first-order valence-electron chi connectivity index (χ1n) is 8.35. The molecule has 0 heterocycles. The maximum Gasteiger partial charge on any atom is 0.217 e. The van der Waals surface area contributed by atoms with Crippen molar-refractivity contribution >= 4 is 17.5 Å². The number of hydrogen-bond acceptors (Lipinski definition) is 4. The summed E-state index contributed by atoms with van der Waals surface area (Å²) in [6, 6.07) is 0. The van der Waals surface area contributed by atoms with Crippen molar-refractivity contribution in [3.8, 4) is 0 Å². The molecule has 132 valence electrons. The lowest BCUT2D eigenvalue weighted by Crippen LogP contribution is -2.11. The monoisotopic (exact) mass is 337 g/mol. The van der Waals surface area contributed by atoms with Crippen LogP contribution in [0.5, 0.6) is 0 Å².